The normalized spacial score (nSPS) is 14.1. The summed E-state index contributed by atoms with van der Waals surface area (Å²) in [5.41, 5.74) is 1.52. The molecule has 7 heteroatoms. The summed E-state index contributed by atoms with van der Waals surface area (Å²) in [5.74, 6) is -0.912. The molecular weight excluding hydrogens is 380 g/mol. The Balaban J connectivity index is 1.96. The second-order valence-electron chi connectivity index (χ2n) is 6.53. The van der Waals surface area contributed by atoms with Gasteiger partial charge in [0.1, 0.15) is 10.8 Å². The number of hydrogen-bond acceptors (Lipinski definition) is 4. The van der Waals surface area contributed by atoms with Crippen LogP contribution in [0.2, 0.25) is 0 Å². The number of nitrogens with zero attached hydrogens (tertiary/aromatic N) is 1. The first-order chi connectivity index (χ1) is 13.3. The Bertz CT molecular complexity index is 980. The van der Waals surface area contributed by atoms with Crippen molar-refractivity contribution in [2.45, 2.75) is 26.9 Å². The fourth-order valence-corrected chi connectivity index (χ4v) is 3.17. The van der Waals surface area contributed by atoms with E-state index in [1.54, 1.807) is 48.5 Å². The molecule has 144 valence electrons. The SMILES string of the molecule is CC(=O)Nc1ccc(C2=C(Cl)C(=O)N(c3ccccc3OC(C)C)C2=O)cc1. The number of halogens is 1. The van der Waals surface area contributed by atoms with Gasteiger partial charge >= 0.3 is 0 Å². The van der Waals surface area contributed by atoms with Crippen molar-refractivity contribution in [3.63, 3.8) is 0 Å². The van der Waals surface area contributed by atoms with Gasteiger partial charge in [-0.2, -0.15) is 0 Å². The van der Waals surface area contributed by atoms with E-state index < -0.39 is 11.8 Å². The van der Waals surface area contributed by atoms with Crippen LogP contribution >= 0.6 is 11.6 Å². The minimum atomic E-state index is -0.604. The van der Waals surface area contributed by atoms with E-state index in [4.69, 9.17) is 16.3 Å². The van der Waals surface area contributed by atoms with Crippen LogP contribution in [0, 0.1) is 0 Å². The summed E-state index contributed by atoms with van der Waals surface area (Å²) in [4.78, 5) is 38.0. The zero-order valence-corrected chi connectivity index (χ0v) is 16.4. The summed E-state index contributed by atoms with van der Waals surface area (Å²) >= 11 is 6.24. The number of nitrogens with one attached hydrogen (secondary N) is 1. The molecule has 28 heavy (non-hydrogen) atoms. The van der Waals surface area contributed by atoms with Gasteiger partial charge < -0.3 is 10.1 Å². The van der Waals surface area contributed by atoms with Crippen LogP contribution < -0.4 is 15.0 Å². The fraction of sp³-hybridized carbons (Fsp3) is 0.190. The quantitative estimate of drug-likeness (QED) is 0.773. The number of amides is 3. The van der Waals surface area contributed by atoms with Gasteiger partial charge in [-0.3, -0.25) is 14.4 Å². The molecule has 6 nitrogen and oxygen atoms in total. The Morgan fingerprint density at radius 1 is 1.04 bits per heavy atom. The predicted octanol–water partition coefficient (Wildman–Crippen LogP) is 3.96. The van der Waals surface area contributed by atoms with Gasteiger partial charge in [0.25, 0.3) is 11.8 Å². The van der Waals surface area contributed by atoms with Gasteiger partial charge in [-0.1, -0.05) is 35.9 Å². The minimum Gasteiger partial charge on any atom is -0.489 e. The molecule has 2 aromatic carbocycles. The highest BCUT2D eigenvalue weighted by Gasteiger charge is 2.40. The lowest BCUT2D eigenvalue weighted by Crippen LogP contribution is -2.31. The number of anilines is 2. The highest BCUT2D eigenvalue weighted by Crippen LogP contribution is 2.39. The topological polar surface area (TPSA) is 75.7 Å². The molecule has 0 aliphatic carbocycles. The number of hydrogen-bond donors (Lipinski definition) is 1. The van der Waals surface area contributed by atoms with Crippen molar-refractivity contribution in [3.05, 3.63) is 59.1 Å². The summed E-state index contributed by atoms with van der Waals surface area (Å²) in [6.45, 7) is 5.12. The maximum atomic E-state index is 13.1. The number of imide groups is 1. The minimum absolute atomic E-state index is 0.111. The van der Waals surface area contributed by atoms with Crippen molar-refractivity contribution < 1.29 is 19.1 Å². The summed E-state index contributed by atoms with van der Waals surface area (Å²) in [7, 11) is 0. The van der Waals surface area contributed by atoms with Crippen LogP contribution in [0.25, 0.3) is 5.57 Å². The summed E-state index contributed by atoms with van der Waals surface area (Å²) in [6, 6.07) is 13.4. The van der Waals surface area contributed by atoms with Gasteiger partial charge in [0.05, 0.1) is 17.4 Å². The Labute approximate surface area is 167 Å². The molecule has 1 aliphatic rings. The third kappa shape index (κ3) is 3.77. The molecule has 0 aromatic heterocycles. The summed E-state index contributed by atoms with van der Waals surface area (Å²) in [5, 5.41) is 2.49. The smallest absolute Gasteiger partial charge is 0.277 e. The number of ether oxygens (including phenoxy) is 1. The lowest BCUT2D eigenvalue weighted by Gasteiger charge is -2.20. The van der Waals surface area contributed by atoms with E-state index in [1.807, 2.05) is 13.8 Å². The van der Waals surface area contributed by atoms with Crippen LogP contribution in [0.1, 0.15) is 26.3 Å². The van der Waals surface area contributed by atoms with Crippen LogP contribution in [0.15, 0.2) is 53.6 Å². The van der Waals surface area contributed by atoms with E-state index in [9.17, 15) is 14.4 Å². The molecule has 3 amide bonds. The highest BCUT2D eigenvalue weighted by atomic mass is 35.5. The molecule has 0 radical (unpaired) electrons. The number of para-hydroxylation sites is 2. The molecule has 0 unspecified atom stereocenters. The van der Waals surface area contributed by atoms with E-state index in [0.29, 0.717) is 22.7 Å². The third-order valence-corrected chi connectivity index (χ3v) is 4.34. The molecule has 0 spiro atoms. The Hall–Kier alpha value is -3.12. The largest absolute Gasteiger partial charge is 0.489 e. The average Bonchev–Trinajstić information content (AvgIpc) is 2.85. The van der Waals surface area contributed by atoms with E-state index in [2.05, 4.69) is 5.32 Å². The molecule has 0 saturated heterocycles. The van der Waals surface area contributed by atoms with Gasteiger partial charge in [0, 0.05) is 12.6 Å². The van der Waals surface area contributed by atoms with E-state index >= 15 is 0 Å². The molecule has 0 bridgehead atoms. The molecule has 0 saturated carbocycles. The van der Waals surface area contributed by atoms with E-state index in [1.165, 1.54) is 6.92 Å². The van der Waals surface area contributed by atoms with Gasteiger partial charge in [-0.25, -0.2) is 4.90 Å². The molecule has 1 heterocycles. The third-order valence-electron chi connectivity index (χ3n) is 3.99. The monoisotopic (exact) mass is 398 g/mol. The second kappa shape index (κ2) is 7.86. The molecule has 1 N–H and O–H groups in total. The first-order valence-electron chi connectivity index (χ1n) is 8.72. The maximum absolute atomic E-state index is 13.1. The second-order valence-corrected chi connectivity index (χ2v) is 6.91. The lowest BCUT2D eigenvalue weighted by atomic mass is 10.1. The average molecular weight is 399 g/mol. The van der Waals surface area contributed by atoms with E-state index in [0.717, 1.165) is 4.90 Å². The van der Waals surface area contributed by atoms with Crippen molar-refractivity contribution in [2.24, 2.45) is 0 Å². The van der Waals surface area contributed by atoms with E-state index in [-0.39, 0.29) is 22.6 Å². The van der Waals surface area contributed by atoms with Crippen LogP contribution in [0.4, 0.5) is 11.4 Å². The molecular formula is C21H19ClN2O4. The van der Waals surface area contributed by atoms with Crippen molar-refractivity contribution in [1.29, 1.82) is 0 Å². The Morgan fingerprint density at radius 3 is 2.29 bits per heavy atom. The summed E-state index contributed by atoms with van der Waals surface area (Å²) < 4.78 is 5.74. The van der Waals surface area contributed by atoms with Gasteiger partial charge in [0.15, 0.2) is 0 Å². The van der Waals surface area contributed by atoms with Crippen LogP contribution in [0.5, 0.6) is 5.75 Å². The van der Waals surface area contributed by atoms with Crippen LogP contribution in [0.3, 0.4) is 0 Å². The zero-order chi connectivity index (χ0) is 20.4. The molecule has 3 rings (SSSR count). The van der Waals surface area contributed by atoms with Crippen molar-refractivity contribution >= 4 is 46.3 Å². The first-order valence-corrected chi connectivity index (χ1v) is 9.09. The highest BCUT2D eigenvalue weighted by molar-refractivity contribution is 6.60. The Kier molecular flexibility index (Phi) is 5.51. The van der Waals surface area contributed by atoms with Crippen molar-refractivity contribution in [1.82, 2.24) is 0 Å². The number of rotatable bonds is 5. The van der Waals surface area contributed by atoms with Gasteiger partial charge in [0.2, 0.25) is 5.91 Å². The Morgan fingerprint density at radius 2 is 1.68 bits per heavy atom. The number of benzene rings is 2. The lowest BCUT2D eigenvalue weighted by molar-refractivity contribution is -0.120. The van der Waals surface area contributed by atoms with Crippen molar-refractivity contribution in [2.75, 3.05) is 10.2 Å². The molecule has 1 aliphatic heterocycles. The van der Waals surface area contributed by atoms with Gasteiger partial charge in [-0.15, -0.1) is 0 Å². The predicted molar refractivity (Wildman–Crippen MR) is 108 cm³/mol. The van der Waals surface area contributed by atoms with Gasteiger partial charge in [-0.05, 0) is 43.7 Å². The van der Waals surface area contributed by atoms with Crippen molar-refractivity contribution in [3.8, 4) is 5.75 Å². The number of carbonyl (C=O) groups excluding carboxylic acids is 3. The number of carbonyl (C=O) groups is 3. The van der Waals surface area contributed by atoms with Crippen LogP contribution in [-0.2, 0) is 14.4 Å². The standard InChI is InChI=1S/C21H19ClN2O4/c1-12(2)28-17-7-5-4-6-16(17)24-20(26)18(19(22)21(24)27)14-8-10-15(11-9-14)23-13(3)25/h4-12H,1-3H3,(H,23,25). The fourth-order valence-electron chi connectivity index (χ4n) is 2.89. The molecule has 2 aromatic rings. The zero-order valence-electron chi connectivity index (χ0n) is 15.7. The summed E-state index contributed by atoms with van der Waals surface area (Å²) in [6.07, 6.45) is -0.127. The maximum Gasteiger partial charge on any atom is 0.277 e. The first kappa shape index (κ1) is 19.6. The molecule has 0 fully saturated rings. The van der Waals surface area contributed by atoms with Crippen LogP contribution in [-0.4, -0.2) is 23.8 Å². The molecule has 0 atom stereocenters.